The predicted octanol–water partition coefficient (Wildman–Crippen LogP) is 2.28. The van der Waals surface area contributed by atoms with Crippen molar-refractivity contribution in [1.82, 2.24) is 14.9 Å². The minimum Gasteiger partial charge on any atom is -0.381 e. The number of benzene rings is 1. The van der Waals surface area contributed by atoms with Gasteiger partial charge in [-0.05, 0) is 32.1 Å². The van der Waals surface area contributed by atoms with Gasteiger partial charge in [-0.25, -0.2) is 4.98 Å². The van der Waals surface area contributed by atoms with Gasteiger partial charge in [0.1, 0.15) is 5.82 Å². The maximum absolute atomic E-state index is 12.7. The Balaban J connectivity index is 1.41. The van der Waals surface area contributed by atoms with Crippen molar-refractivity contribution in [2.75, 3.05) is 26.3 Å². The molecule has 1 spiro atoms. The number of ether oxygens (including phenoxy) is 1. The van der Waals surface area contributed by atoms with Crippen LogP contribution in [-0.4, -0.2) is 47.1 Å². The van der Waals surface area contributed by atoms with Crippen LogP contribution in [0.1, 0.15) is 36.9 Å². The average Bonchev–Trinajstić information content (AvgIpc) is 3.38. The van der Waals surface area contributed by atoms with Crippen molar-refractivity contribution in [3.63, 3.8) is 0 Å². The van der Waals surface area contributed by atoms with Gasteiger partial charge in [0.05, 0.1) is 18.2 Å². The number of H-pyrrole nitrogens is 1. The Bertz CT molecular complexity index is 939. The lowest BCUT2D eigenvalue weighted by Crippen LogP contribution is -2.47. The van der Waals surface area contributed by atoms with Gasteiger partial charge in [-0.3, -0.25) is 9.59 Å². The Labute approximate surface area is 163 Å². The third-order valence-corrected chi connectivity index (χ3v) is 6.73. The van der Waals surface area contributed by atoms with Crippen molar-refractivity contribution in [3.8, 4) is 11.4 Å². The number of hydrogen-bond donors (Lipinski definition) is 1. The lowest BCUT2D eigenvalue weighted by Gasteiger charge is -2.40. The van der Waals surface area contributed by atoms with E-state index in [0.717, 1.165) is 62.0 Å². The van der Waals surface area contributed by atoms with E-state index in [1.54, 1.807) is 0 Å². The molecule has 2 saturated heterocycles. The summed E-state index contributed by atoms with van der Waals surface area (Å²) in [5.74, 6) is 0.900. The number of aromatic nitrogens is 2. The summed E-state index contributed by atoms with van der Waals surface area (Å²) in [6.45, 7) is 2.73. The molecule has 6 nitrogen and oxygen atoms in total. The van der Waals surface area contributed by atoms with Gasteiger partial charge in [-0.1, -0.05) is 30.3 Å². The highest BCUT2D eigenvalue weighted by atomic mass is 16.5. The predicted molar refractivity (Wildman–Crippen MR) is 105 cm³/mol. The first-order valence-corrected chi connectivity index (χ1v) is 10.2. The van der Waals surface area contributed by atoms with E-state index in [1.807, 2.05) is 35.2 Å². The minimum absolute atomic E-state index is 0.0117. The number of carbonyl (C=O) groups excluding carboxylic acids is 1. The normalized spacial score (nSPS) is 23.1. The Morgan fingerprint density at radius 3 is 2.68 bits per heavy atom. The molecule has 28 heavy (non-hydrogen) atoms. The van der Waals surface area contributed by atoms with E-state index in [4.69, 9.17) is 9.72 Å². The number of likely N-dealkylation sites (tertiary alicyclic amines) is 1. The summed E-state index contributed by atoms with van der Waals surface area (Å²) < 4.78 is 5.38. The molecule has 1 atom stereocenters. The maximum atomic E-state index is 12.7. The number of nitrogens with zero attached hydrogens (tertiary/aromatic N) is 2. The van der Waals surface area contributed by atoms with Crippen LogP contribution in [0.2, 0.25) is 0 Å². The molecular formula is C22H25N3O3. The van der Waals surface area contributed by atoms with E-state index >= 15 is 0 Å². The van der Waals surface area contributed by atoms with E-state index < -0.39 is 0 Å². The van der Waals surface area contributed by atoms with E-state index in [-0.39, 0.29) is 22.8 Å². The number of piperidine rings is 1. The fourth-order valence-corrected chi connectivity index (χ4v) is 5.01. The van der Waals surface area contributed by atoms with Gasteiger partial charge >= 0.3 is 0 Å². The second kappa shape index (κ2) is 6.85. The first-order chi connectivity index (χ1) is 13.7. The number of fused-ring (bicyclic) bond motifs is 2. The van der Waals surface area contributed by atoms with Crippen LogP contribution in [0.3, 0.4) is 0 Å². The zero-order chi connectivity index (χ0) is 19.1. The topological polar surface area (TPSA) is 75.3 Å². The summed E-state index contributed by atoms with van der Waals surface area (Å²) in [5, 5.41) is 0. The first-order valence-electron chi connectivity index (χ1n) is 10.2. The highest BCUT2D eigenvalue weighted by molar-refractivity contribution is 5.79. The molecule has 1 aromatic carbocycles. The van der Waals surface area contributed by atoms with Gasteiger partial charge in [0.15, 0.2) is 0 Å². The summed E-state index contributed by atoms with van der Waals surface area (Å²) in [6, 6.07) is 9.80. The van der Waals surface area contributed by atoms with Crippen LogP contribution in [-0.2, 0) is 21.4 Å². The monoisotopic (exact) mass is 379 g/mol. The second-order valence-corrected chi connectivity index (χ2v) is 8.27. The minimum atomic E-state index is -0.0733. The zero-order valence-corrected chi connectivity index (χ0v) is 15.9. The van der Waals surface area contributed by atoms with Crippen molar-refractivity contribution in [2.45, 2.75) is 37.5 Å². The summed E-state index contributed by atoms with van der Waals surface area (Å²) >= 11 is 0. The Morgan fingerprint density at radius 1 is 1.18 bits per heavy atom. The number of amides is 1. The summed E-state index contributed by atoms with van der Waals surface area (Å²) in [7, 11) is 0. The lowest BCUT2D eigenvalue weighted by atomic mass is 9.76. The van der Waals surface area contributed by atoms with E-state index in [2.05, 4.69) is 4.98 Å². The van der Waals surface area contributed by atoms with Crippen molar-refractivity contribution in [2.24, 2.45) is 5.92 Å². The molecule has 2 aliphatic heterocycles. The molecule has 0 bridgehead atoms. The SMILES string of the molecule is O=C(C1CCOC1)N1CCC2(CCc3c2nc(-c2ccccc2)[nH]c3=O)CC1. The van der Waals surface area contributed by atoms with Crippen LogP contribution >= 0.6 is 0 Å². The molecule has 1 aromatic heterocycles. The van der Waals surface area contributed by atoms with Gasteiger partial charge < -0.3 is 14.6 Å². The molecule has 146 valence electrons. The quantitative estimate of drug-likeness (QED) is 0.869. The van der Waals surface area contributed by atoms with E-state index in [1.165, 1.54) is 0 Å². The summed E-state index contributed by atoms with van der Waals surface area (Å²) in [6.07, 6.45) is 4.32. The molecule has 3 heterocycles. The number of carbonyl (C=O) groups is 1. The van der Waals surface area contributed by atoms with Crippen LogP contribution in [0, 0.1) is 5.92 Å². The van der Waals surface area contributed by atoms with Gasteiger partial charge in [0.25, 0.3) is 5.56 Å². The molecule has 1 N–H and O–H groups in total. The number of aromatic amines is 1. The van der Waals surface area contributed by atoms with Gasteiger partial charge in [-0.2, -0.15) is 0 Å². The molecule has 0 saturated carbocycles. The van der Waals surface area contributed by atoms with Crippen molar-refractivity contribution in [1.29, 1.82) is 0 Å². The van der Waals surface area contributed by atoms with Crippen LogP contribution in [0.5, 0.6) is 0 Å². The molecule has 2 fully saturated rings. The van der Waals surface area contributed by atoms with Gasteiger partial charge in [-0.15, -0.1) is 0 Å². The number of rotatable bonds is 2. The average molecular weight is 379 g/mol. The smallest absolute Gasteiger partial charge is 0.254 e. The molecule has 6 heteroatoms. The van der Waals surface area contributed by atoms with Crippen LogP contribution in [0.15, 0.2) is 35.1 Å². The van der Waals surface area contributed by atoms with E-state index in [9.17, 15) is 9.59 Å². The largest absolute Gasteiger partial charge is 0.381 e. The first kappa shape index (κ1) is 17.6. The number of hydrogen-bond acceptors (Lipinski definition) is 4. The van der Waals surface area contributed by atoms with Gasteiger partial charge in [0.2, 0.25) is 5.91 Å². The van der Waals surface area contributed by atoms with Crippen molar-refractivity contribution in [3.05, 3.63) is 51.9 Å². The van der Waals surface area contributed by atoms with Crippen molar-refractivity contribution >= 4 is 5.91 Å². The molecule has 2 aromatic rings. The fraction of sp³-hybridized carbons (Fsp3) is 0.500. The number of nitrogens with one attached hydrogen (secondary N) is 1. The van der Waals surface area contributed by atoms with Crippen LogP contribution < -0.4 is 5.56 Å². The lowest BCUT2D eigenvalue weighted by molar-refractivity contribution is -0.137. The third-order valence-electron chi connectivity index (χ3n) is 6.73. The molecule has 5 rings (SSSR count). The van der Waals surface area contributed by atoms with Crippen LogP contribution in [0.4, 0.5) is 0 Å². The zero-order valence-electron chi connectivity index (χ0n) is 15.9. The summed E-state index contributed by atoms with van der Waals surface area (Å²) in [4.78, 5) is 35.3. The maximum Gasteiger partial charge on any atom is 0.254 e. The highest BCUT2D eigenvalue weighted by Gasteiger charge is 2.45. The standard InChI is InChI=1S/C22H25N3O3/c26-20-17-6-8-22(18(17)23-19(24-20)15-4-2-1-3-5-15)9-11-25(12-10-22)21(27)16-7-13-28-14-16/h1-5,16H,6-14H2,(H,23,24,26). The molecule has 1 unspecified atom stereocenters. The van der Waals surface area contributed by atoms with Gasteiger partial charge in [0, 0.05) is 36.2 Å². The fourth-order valence-electron chi connectivity index (χ4n) is 5.01. The third kappa shape index (κ3) is 2.87. The second-order valence-electron chi connectivity index (χ2n) is 8.27. The Kier molecular flexibility index (Phi) is 4.31. The van der Waals surface area contributed by atoms with E-state index in [0.29, 0.717) is 19.0 Å². The molecule has 1 aliphatic carbocycles. The summed E-state index contributed by atoms with van der Waals surface area (Å²) in [5.41, 5.74) is 2.64. The van der Waals surface area contributed by atoms with Crippen molar-refractivity contribution < 1.29 is 9.53 Å². The Morgan fingerprint density at radius 2 is 1.96 bits per heavy atom. The molecule has 1 amide bonds. The molecule has 0 radical (unpaired) electrons. The highest BCUT2D eigenvalue weighted by Crippen LogP contribution is 2.44. The Hall–Kier alpha value is -2.47. The molecule has 3 aliphatic rings. The van der Waals surface area contributed by atoms with Crippen LogP contribution in [0.25, 0.3) is 11.4 Å². The molecular weight excluding hydrogens is 354 g/mol.